The number of carbonyl (C=O) groups excluding carboxylic acids is 4. The maximum Gasteiger partial charge on any atom is 0.410 e. The van der Waals surface area contributed by atoms with Crippen LogP contribution >= 0.6 is 11.6 Å². The van der Waals surface area contributed by atoms with Crippen LogP contribution in [0.3, 0.4) is 0 Å². The molecule has 0 bridgehead atoms. The van der Waals surface area contributed by atoms with E-state index in [2.05, 4.69) is 4.90 Å². The predicted octanol–water partition coefficient (Wildman–Crippen LogP) is 8.03. The lowest BCUT2D eigenvalue weighted by Gasteiger charge is -2.44. The number of fused-ring (bicyclic) bond motifs is 2. The van der Waals surface area contributed by atoms with Crippen molar-refractivity contribution in [1.29, 1.82) is 0 Å². The van der Waals surface area contributed by atoms with Gasteiger partial charge in [0.1, 0.15) is 23.7 Å². The molecule has 3 heterocycles. The van der Waals surface area contributed by atoms with Crippen molar-refractivity contribution in [1.82, 2.24) is 14.7 Å². The zero-order chi connectivity index (χ0) is 41.4. The number of nitrogens with zero attached hydrogens (tertiary/aromatic N) is 4. The van der Waals surface area contributed by atoms with Crippen LogP contribution in [0.2, 0.25) is 5.02 Å². The molecule has 0 aromatic heterocycles. The van der Waals surface area contributed by atoms with Crippen LogP contribution in [0.4, 0.5) is 15.3 Å². The molecule has 0 radical (unpaired) electrons. The monoisotopic (exact) mass is 810 g/mol. The summed E-state index contributed by atoms with van der Waals surface area (Å²) in [6, 6.07) is 24.6. The molecule has 1 atom stereocenters. The van der Waals surface area contributed by atoms with Gasteiger partial charge in [0.25, 0.3) is 5.91 Å². The molecule has 2 saturated heterocycles. The van der Waals surface area contributed by atoms with Gasteiger partial charge in [0.15, 0.2) is 6.10 Å². The average molecular weight is 811 g/mol. The van der Waals surface area contributed by atoms with Crippen molar-refractivity contribution in [3.8, 4) is 22.6 Å². The van der Waals surface area contributed by atoms with E-state index in [-0.39, 0.29) is 36.6 Å². The smallest absolute Gasteiger partial charge is 0.410 e. The van der Waals surface area contributed by atoms with Gasteiger partial charge in [-0.1, -0.05) is 66.2 Å². The SMILES string of the molecule is CC(C)(C)OC(=O)N1CC(CN2C(=O)C(CN3CCN(C(=O)OCc4ccccc4)CC3)Oc3cc(-c4cc(OC(=O)C(C)(C)C)cc5ccccc45)c(Cl)cc32)C1. The van der Waals surface area contributed by atoms with Gasteiger partial charge in [-0.05, 0) is 87.7 Å². The van der Waals surface area contributed by atoms with Gasteiger partial charge in [-0.15, -0.1) is 0 Å². The lowest BCUT2D eigenvalue weighted by Crippen LogP contribution is -2.59. The highest BCUT2D eigenvalue weighted by atomic mass is 35.5. The molecule has 2 fully saturated rings. The fraction of sp³-hybridized carbons (Fsp3) is 0.422. The first-order chi connectivity index (χ1) is 27.5. The van der Waals surface area contributed by atoms with Crippen molar-refractivity contribution >= 4 is 52.1 Å². The molecule has 3 aliphatic heterocycles. The fourth-order valence-corrected chi connectivity index (χ4v) is 7.52. The average Bonchev–Trinajstić information content (AvgIpc) is 3.15. The highest BCUT2D eigenvalue weighted by Crippen LogP contribution is 2.45. The van der Waals surface area contributed by atoms with Gasteiger partial charge in [0.05, 0.1) is 16.1 Å². The van der Waals surface area contributed by atoms with E-state index in [1.54, 1.807) is 41.5 Å². The van der Waals surface area contributed by atoms with Gasteiger partial charge in [-0.2, -0.15) is 0 Å². The molecule has 1 unspecified atom stereocenters. The minimum atomic E-state index is -0.851. The lowest BCUT2D eigenvalue weighted by molar-refractivity contribution is -0.143. The van der Waals surface area contributed by atoms with Crippen molar-refractivity contribution < 1.29 is 38.1 Å². The van der Waals surface area contributed by atoms with Crippen LogP contribution in [0.25, 0.3) is 21.9 Å². The number of hydrogen-bond acceptors (Lipinski definition) is 9. The third kappa shape index (κ3) is 9.34. The summed E-state index contributed by atoms with van der Waals surface area (Å²) in [5.41, 5.74) is 1.53. The van der Waals surface area contributed by atoms with Crippen LogP contribution in [-0.4, -0.2) is 103 Å². The third-order valence-electron chi connectivity index (χ3n) is 10.4. The van der Waals surface area contributed by atoms with E-state index in [9.17, 15) is 19.2 Å². The number of likely N-dealkylation sites (tertiary alicyclic amines) is 1. The van der Waals surface area contributed by atoms with Gasteiger partial charge in [0, 0.05) is 63.8 Å². The van der Waals surface area contributed by atoms with Gasteiger partial charge < -0.3 is 33.6 Å². The Morgan fingerprint density at radius 3 is 2.17 bits per heavy atom. The Hall–Kier alpha value is -5.33. The molecule has 13 heteroatoms. The molecule has 0 spiro atoms. The molecule has 4 aromatic rings. The molecule has 306 valence electrons. The molecular weight excluding hydrogens is 760 g/mol. The van der Waals surface area contributed by atoms with Gasteiger partial charge in [-0.3, -0.25) is 14.5 Å². The first kappa shape index (κ1) is 40.9. The van der Waals surface area contributed by atoms with E-state index < -0.39 is 17.1 Å². The molecule has 0 N–H and O–H groups in total. The highest BCUT2D eigenvalue weighted by Gasteiger charge is 2.41. The zero-order valence-corrected chi connectivity index (χ0v) is 34.7. The molecule has 12 nitrogen and oxygen atoms in total. The number of esters is 1. The Labute approximate surface area is 344 Å². The van der Waals surface area contributed by atoms with Crippen LogP contribution in [-0.2, 0) is 25.7 Å². The summed E-state index contributed by atoms with van der Waals surface area (Å²) in [5.74, 6) is 0.303. The van der Waals surface area contributed by atoms with Crippen molar-refractivity contribution in [3.63, 3.8) is 0 Å². The van der Waals surface area contributed by atoms with Gasteiger partial charge in [-0.25, -0.2) is 9.59 Å². The molecule has 4 aromatic carbocycles. The summed E-state index contributed by atoms with van der Waals surface area (Å²) in [4.78, 5) is 60.1. The van der Waals surface area contributed by atoms with Crippen LogP contribution in [0, 0.1) is 11.3 Å². The normalized spacial score (nSPS) is 17.7. The number of piperazine rings is 1. The van der Waals surface area contributed by atoms with Crippen molar-refractivity contribution in [2.24, 2.45) is 11.3 Å². The Morgan fingerprint density at radius 2 is 1.48 bits per heavy atom. The topological polar surface area (TPSA) is 118 Å². The molecule has 7 rings (SSSR count). The second-order valence-corrected chi connectivity index (χ2v) is 17.7. The van der Waals surface area contributed by atoms with E-state index in [1.165, 1.54) is 0 Å². The van der Waals surface area contributed by atoms with Gasteiger partial charge in [0.2, 0.25) is 0 Å². The molecule has 58 heavy (non-hydrogen) atoms. The molecular formula is C45H51ClN4O8. The van der Waals surface area contributed by atoms with Crippen LogP contribution < -0.4 is 14.4 Å². The highest BCUT2D eigenvalue weighted by molar-refractivity contribution is 6.34. The standard InChI is InChI=1S/C45H51ClN4O8/c1-44(2,3)41(52)56-32-20-31-14-10-11-15-33(31)34(21-32)35-22-38-37(23-36(35)46)50(26-30-24-49(25-30)43(54)58-45(4,5)6)40(51)39(57-38)27-47-16-18-48(19-17-47)42(53)55-28-29-12-8-7-9-13-29/h7-15,20-23,30,39H,16-19,24-28H2,1-6H3. The number of rotatable bonds is 8. The Morgan fingerprint density at radius 1 is 0.793 bits per heavy atom. The largest absolute Gasteiger partial charge is 0.477 e. The van der Waals surface area contributed by atoms with E-state index in [0.29, 0.717) is 80.1 Å². The molecule has 3 aliphatic rings. The second kappa shape index (κ2) is 16.5. The number of ether oxygens (including phenoxy) is 4. The Kier molecular flexibility index (Phi) is 11.6. The summed E-state index contributed by atoms with van der Waals surface area (Å²) in [7, 11) is 0. The van der Waals surface area contributed by atoms with E-state index in [1.807, 2.05) is 93.6 Å². The molecule has 0 saturated carbocycles. The van der Waals surface area contributed by atoms with E-state index >= 15 is 0 Å². The number of hydrogen-bond donors (Lipinski definition) is 0. The Balaban J connectivity index is 1.13. The van der Waals surface area contributed by atoms with Crippen molar-refractivity contribution in [2.45, 2.75) is 59.9 Å². The quantitative estimate of drug-likeness (QED) is 0.129. The van der Waals surface area contributed by atoms with E-state index in [4.69, 9.17) is 30.5 Å². The summed E-state index contributed by atoms with van der Waals surface area (Å²) >= 11 is 7.12. The molecule has 3 amide bonds. The summed E-state index contributed by atoms with van der Waals surface area (Å²) in [6.45, 7) is 14.6. The number of anilines is 1. The first-order valence-electron chi connectivity index (χ1n) is 19.8. The lowest BCUT2D eigenvalue weighted by atomic mass is 9.95. The van der Waals surface area contributed by atoms with Crippen LogP contribution in [0.1, 0.15) is 47.1 Å². The van der Waals surface area contributed by atoms with Crippen molar-refractivity contribution in [3.05, 3.63) is 89.4 Å². The summed E-state index contributed by atoms with van der Waals surface area (Å²) < 4.78 is 23.6. The minimum absolute atomic E-state index is 0.00471. The predicted molar refractivity (Wildman–Crippen MR) is 222 cm³/mol. The number of amides is 3. The minimum Gasteiger partial charge on any atom is -0.477 e. The second-order valence-electron chi connectivity index (χ2n) is 17.3. The van der Waals surface area contributed by atoms with Crippen molar-refractivity contribution in [2.75, 3.05) is 57.3 Å². The molecule has 0 aliphatic carbocycles. The third-order valence-corrected chi connectivity index (χ3v) is 10.7. The summed E-state index contributed by atoms with van der Waals surface area (Å²) in [6.07, 6.45) is -1.60. The van der Waals surface area contributed by atoms with E-state index in [0.717, 1.165) is 21.9 Å². The van der Waals surface area contributed by atoms with Crippen LogP contribution in [0.15, 0.2) is 78.9 Å². The van der Waals surface area contributed by atoms with Gasteiger partial charge >= 0.3 is 18.2 Å². The summed E-state index contributed by atoms with van der Waals surface area (Å²) in [5, 5.41) is 2.16. The Bertz CT molecular complexity index is 2190. The zero-order valence-electron chi connectivity index (χ0n) is 34.0. The maximum absolute atomic E-state index is 14.4. The van der Waals surface area contributed by atoms with Crippen LogP contribution in [0.5, 0.6) is 11.5 Å². The first-order valence-corrected chi connectivity index (χ1v) is 20.1. The fourth-order valence-electron chi connectivity index (χ4n) is 7.26. The number of carbonyl (C=O) groups is 4. The number of benzene rings is 4. The maximum atomic E-state index is 14.4. The number of halogens is 1.